The fourth-order valence-corrected chi connectivity index (χ4v) is 2.24. The molecule has 5 nitrogen and oxygen atoms in total. The summed E-state index contributed by atoms with van der Waals surface area (Å²) in [5.41, 5.74) is -11.0. The molecule has 0 aliphatic carbocycles. The lowest BCUT2D eigenvalue weighted by Crippen LogP contribution is -2.32. The van der Waals surface area contributed by atoms with Gasteiger partial charge in [0.05, 0.1) is 0 Å². The molecule has 0 saturated carbocycles. The number of rotatable bonds is 4. The molecule has 0 amide bonds. The van der Waals surface area contributed by atoms with Crippen molar-refractivity contribution in [3.05, 3.63) is 0 Å². The average Bonchev–Trinajstić information content (AvgIpc) is 1.99. The fraction of sp³-hybridized carbons (Fsp3) is 1.00. The molecule has 1 N–H and O–H groups in total. The van der Waals surface area contributed by atoms with Crippen LogP contribution in [0.2, 0.25) is 0 Å². The summed E-state index contributed by atoms with van der Waals surface area (Å²) in [4.78, 5) is 0. The topological polar surface area (TPSA) is 72.5 Å². The second-order valence-corrected chi connectivity index (χ2v) is 6.01. The molecule has 0 radical (unpaired) electrons. The summed E-state index contributed by atoms with van der Waals surface area (Å²) in [6.07, 6.45) is 0. The Kier molecular flexibility index (Phi) is 5.13. The van der Waals surface area contributed by atoms with Crippen molar-refractivity contribution in [1.29, 1.82) is 0 Å². The van der Waals surface area contributed by atoms with Crippen molar-refractivity contribution in [2.45, 2.75) is 11.0 Å². The van der Waals surface area contributed by atoms with Crippen LogP contribution in [0.4, 0.5) is 26.3 Å². The number of hydrogen-bond acceptors (Lipinski definition) is 4. The summed E-state index contributed by atoms with van der Waals surface area (Å²) < 4.78 is 104. The summed E-state index contributed by atoms with van der Waals surface area (Å²) >= 11 is -3.88. The van der Waals surface area contributed by atoms with Gasteiger partial charge >= 0.3 is 21.0 Å². The molecule has 0 saturated heterocycles. The van der Waals surface area contributed by atoms with E-state index < -0.39 is 41.1 Å². The molecule has 16 heavy (non-hydrogen) atoms. The Hall–Kier alpha value is 0.0300. The largest absolute Gasteiger partial charge is 0.511 e. The molecule has 0 aromatic rings. The Labute approximate surface area is 89.2 Å². The first kappa shape index (κ1) is 16.0. The molecule has 98 valence electrons. The minimum atomic E-state index is -5.80. The molecule has 14 heteroatoms. The van der Waals surface area contributed by atoms with Gasteiger partial charge in [0.2, 0.25) is 0 Å². The molecular formula is C2H2F6NO4PS2. The van der Waals surface area contributed by atoms with Crippen LogP contribution in [0, 0.1) is 0 Å². The fourth-order valence-electron chi connectivity index (χ4n) is 0.215. The average molecular weight is 313 g/mol. The summed E-state index contributed by atoms with van der Waals surface area (Å²) in [5, 5.41) is 0. The van der Waals surface area contributed by atoms with Crippen molar-refractivity contribution in [3.63, 3.8) is 0 Å². The lowest BCUT2D eigenvalue weighted by atomic mass is 11.6. The predicted octanol–water partition coefficient (Wildman–Crippen LogP) is 1.13. The van der Waals surface area contributed by atoms with E-state index in [2.05, 4.69) is 3.97 Å². The summed E-state index contributed by atoms with van der Waals surface area (Å²) in [6.45, 7) is 0. The third-order valence-corrected chi connectivity index (χ3v) is 4.12. The Morgan fingerprint density at radius 1 is 1.12 bits per heavy atom. The normalized spacial score (nSPS) is 16.9. The van der Waals surface area contributed by atoms with Crippen LogP contribution in [0.3, 0.4) is 0 Å². The third-order valence-electron chi connectivity index (χ3n) is 0.787. The van der Waals surface area contributed by atoms with E-state index in [1.165, 1.54) is 0 Å². The summed E-state index contributed by atoms with van der Waals surface area (Å²) in [7, 11) is -7.77. The maximum Gasteiger partial charge on any atom is 0.511 e. The molecule has 0 aromatic carbocycles. The zero-order valence-electron chi connectivity index (χ0n) is 6.72. The number of alkyl halides is 6. The number of hydrogen-bond donors (Lipinski definition) is 1. The maximum atomic E-state index is 11.6. The Morgan fingerprint density at radius 2 is 1.56 bits per heavy atom. The monoisotopic (exact) mass is 313 g/mol. The predicted molar refractivity (Wildman–Crippen MR) is 41.7 cm³/mol. The first-order chi connectivity index (χ1) is 6.88. The summed E-state index contributed by atoms with van der Waals surface area (Å²) in [5.74, 6) is 0. The first-order valence-electron chi connectivity index (χ1n) is 2.87. The van der Waals surface area contributed by atoms with Crippen molar-refractivity contribution in [1.82, 2.24) is 4.49 Å². The van der Waals surface area contributed by atoms with Crippen LogP contribution in [0.5, 0.6) is 0 Å². The molecule has 0 heterocycles. The van der Waals surface area contributed by atoms with Gasteiger partial charge in [-0.1, -0.05) is 0 Å². The Bertz CT molecular complexity index is 360. The van der Waals surface area contributed by atoms with Crippen molar-refractivity contribution in [2.75, 3.05) is 0 Å². The van der Waals surface area contributed by atoms with E-state index in [0.29, 0.717) is 4.49 Å². The van der Waals surface area contributed by atoms with Gasteiger partial charge in [0.15, 0.2) is 0 Å². The Morgan fingerprint density at radius 3 is 1.88 bits per heavy atom. The van der Waals surface area contributed by atoms with Gasteiger partial charge in [0.25, 0.3) is 11.1 Å². The van der Waals surface area contributed by atoms with E-state index in [0.717, 1.165) is 0 Å². The van der Waals surface area contributed by atoms with E-state index in [4.69, 9.17) is 0 Å². The van der Waals surface area contributed by atoms with Gasteiger partial charge in [-0.05, 0) is 0 Å². The van der Waals surface area contributed by atoms with Gasteiger partial charge in [-0.2, -0.15) is 30.8 Å². The molecule has 0 aliphatic rings. The van der Waals surface area contributed by atoms with Crippen molar-refractivity contribution in [2.24, 2.45) is 0 Å². The molecule has 0 bridgehead atoms. The van der Waals surface area contributed by atoms with Gasteiger partial charge in [-0.25, -0.2) is 16.6 Å². The SMILES string of the molecule is O=S(OPNS(=O)(=O)C(F)(F)F)C(F)(F)F. The van der Waals surface area contributed by atoms with Crippen LogP contribution in [-0.4, -0.2) is 23.6 Å². The van der Waals surface area contributed by atoms with Crippen molar-refractivity contribution in [3.8, 4) is 0 Å². The van der Waals surface area contributed by atoms with Gasteiger partial charge < -0.3 is 0 Å². The molecule has 2 unspecified atom stereocenters. The van der Waals surface area contributed by atoms with Gasteiger partial charge in [-0.3, -0.25) is 0 Å². The number of nitrogens with one attached hydrogen (secondary N) is 1. The zero-order valence-corrected chi connectivity index (χ0v) is 9.35. The first-order valence-corrected chi connectivity index (χ1v) is 6.33. The summed E-state index contributed by atoms with van der Waals surface area (Å²) in [6, 6.07) is 0. The second-order valence-electron chi connectivity index (χ2n) is 1.92. The highest BCUT2D eigenvalue weighted by atomic mass is 32.2. The molecule has 0 rings (SSSR count). The lowest BCUT2D eigenvalue weighted by molar-refractivity contribution is -0.0441. The highest BCUT2D eigenvalue weighted by molar-refractivity contribution is 7.94. The van der Waals surface area contributed by atoms with Crippen LogP contribution in [-0.2, 0) is 25.1 Å². The van der Waals surface area contributed by atoms with Crippen LogP contribution in [0.15, 0.2) is 0 Å². The van der Waals surface area contributed by atoms with Crippen LogP contribution in [0.25, 0.3) is 0 Å². The molecule has 0 aromatic heterocycles. The van der Waals surface area contributed by atoms with Gasteiger partial charge in [-0.15, -0.1) is 0 Å². The zero-order chi connectivity index (χ0) is 13.2. The highest BCUT2D eigenvalue weighted by Gasteiger charge is 2.46. The van der Waals surface area contributed by atoms with Gasteiger partial charge in [0, 0.05) is 0 Å². The van der Waals surface area contributed by atoms with E-state index in [1.807, 2.05) is 0 Å². The van der Waals surface area contributed by atoms with Gasteiger partial charge in [0.1, 0.15) is 8.96 Å². The minimum absolute atomic E-state index is 0.662. The lowest BCUT2D eigenvalue weighted by Gasteiger charge is -2.09. The quantitative estimate of drug-likeness (QED) is 0.624. The van der Waals surface area contributed by atoms with E-state index in [-0.39, 0.29) is 0 Å². The highest BCUT2D eigenvalue weighted by Crippen LogP contribution is 2.28. The number of sulfonamides is 1. The van der Waals surface area contributed by atoms with Crippen LogP contribution in [0.1, 0.15) is 0 Å². The molecule has 0 fully saturated rings. The molecule has 0 spiro atoms. The molecular weight excluding hydrogens is 311 g/mol. The smallest absolute Gasteiger partial charge is 0.247 e. The van der Waals surface area contributed by atoms with Crippen LogP contribution >= 0.6 is 8.96 Å². The standard InChI is InChI=1S/C2H2F6NO4PS2/c3-1(4,5)15(10)13-14-9-16(11,12)2(6,7)8/h9,14H. The maximum absolute atomic E-state index is 11.6. The van der Waals surface area contributed by atoms with E-state index >= 15 is 0 Å². The van der Waals surface area contributed by atoms with Crippen molar-refractivity contribution >= 4 is 30.1 Å². The Balaban J connectivity index is 4.27. The second kappa shape index (κ2) is 5.12. The van der Waals surface area contributed by atoms with Crippen LogP contribution < -0.4 is 4.49 Å². The molecule has 2 atom stereocenters. The third kappa shape index (κ3) is 4.91. The molecule has 0 aliphatic heterocycles. The van der Waals surface area contributed by atoms with E-state index in [9.17, 15) is 39.0 Å². The van der Waals surface area contributed by atoms with E-state index in [1.54, 1.807) is 0 Å². The number of halogens is 6. The van der Waals surface area contributed by atoms with Crippen molar-refractivity contribution < 1.29 is 42.9 Å². The minimum Gasteiger partial charge on any atom is -0.247 e.